The molecule has 16 heavy (non-hydrogen) atoms. The van der Waals surface area contributed by atoms with Crippen LogP contribution in [0, 0.1) is 0 Å². The van der Waals surface area contributed by atoms with E-state index in [1.165, 1.54) is 11.8 Å². The second kappa shape index (κ2) is 5.80. The van der Waals surface area contributed by atoms with Crippen LogP contribution in [0.25, 0.3) is 0 Å². The van der Waals surface area contributed by atoms with Crippen molar-refractivity contribution in [2.24, 2.45) is 0 Å². The Morgan fingerprint density at radius 1 is 1.31 bits per heavy atom. The van der Waals surface area contributed by atoms with E-state index in [4.69, 9.17) is 0 Å². The zero-order chi connectivity index (χ0) is 12.2. The molecule has 0 aliphatic carbocycles. The Morgan fingerprint density at radius 3 is 2.38 bits per heavy atom. The molecule has 1 unspecified atom stereocenters. The number of rotatable bonds is 5. The highest BCUT2D eigenvalue weighted by molar-refractivity contribution is 9.10. The quantitative estimate of drug-likeness (QED) is 0.907. The Morgan fingerprint density at radius 2 is 1.88 bits per heavy atom. The molecule has 0 amide bonds. The summed E-state index contributed by atoms with van der Waals surface area (Å²) in [6.07, 6.45) is 2.86. The highest BCUT2D eigenvalue weighted by Gasteiger charge is 2.08. The molecule has 3 nitrogen and oxygen atoms in total. The van der Waals surface area contributed by atoms with Crippen LogP contribution in [-0.4, -0.2) is 20.7 Å². The van der Waals surface area contributed by atoms with Gasteiger partial charge in [-0.25, -0.2) is 13.1 Å². The minimum Gasteiger partial charge on any atom is -0.213 e. The SMILES string of the molecule is CC(CCc1ccc(Br)cc1)NS(C)(=O)=O. The van der Waals surface area contributed by atoms with Gasteiger partial charge >= 0.3 is 0 Å². The Bertz CT molecular complexity index is 428. The van der Waals surface area contributed by atoms with Crippen LogP contribution < -0.4 is 4.72 Å². The maximum absolute atomic E-state index is 11.0. The minimum atomic E-state index is -3.09. The molecule has 0 aliphatic heterocycles. The summed E-state index contributed by atoms with van der Waals surface area (Å²) >= 11 is 3.37. The van der Waals surface area contributed by atoms with Gasteiger partial charge in [0.15, 0.2) is 0 Å². The zero-order valence-corrected chi connectivity index (χ0v) is 11.8. The molecule has 90 valence electrons. The summed E-state index contributed by atoms with van der Waals surface area (Å²) in [4.78, 5) is 0. The van der Waals surface area contributed by atoms with Gasteiger partial charge in [-0.15, -0.1) is 0 Å². The van der Waals surface area contributed by atoms with Crippen LogP contribution in [0.3, 0.4) is 0 Å². The van der Waals surface area contributed by atoms with Gasteiger partial charge in [-0.3, -0.25) is 0 Å². The zero-order valence-electron chi connectivity index (χ0n) is 9.40. The van der Waals surface area contributed by atoms with Gasteiger partial charge < -0.3 is 0 Å². The number of hydrogen-bond acceptors (Lipinski definition) is 2. The molecule has 0 fully saturated rings. The predicted octanol–water partition coefficient (Wildman–Crippen LogP) is 2.32. The van der Waals surface area contributed by atoms with E-state index < -0.39 is 10.0 Å². The van der Waals surface area contributed by atoms with Gasteiger partial charge in [0.25, 0.3) is 0 Å². The van der Waals surface area contributed by atoms with Crippen molar-refractivity contribution in [2.45, 2.75) is 25.8 Å². The molecule has 0 aliphatic rings. The predicted molar refractivity (Wildman–Crippen MR) is 69.9 cm³/mol. The van der Waals surface area contributed by atoms with E-state index in [9.17, 15) is 8.42 Å². The Balaban J connectivity index is 2.43. The Kier molecular flexibility index (Phi) is 4.95. The second-order valence-corrected chi connectivity index (χ2v) is 6.65. The lowest BCUT2D eigenvalue weighted by Crippen LogP contribution is -2.31. The van der Waals surface area contributed by atoms with Gasteiger partial charge in [-0.1, -0.05) is 28.1 Å². The monoisotopic (exact) mass is 305 g/mol. The van der Waals surface area contributed by atoms with Crippen LogP contribution in [0.5, 0.6) is 0 Å². The molecule has 5 heteroatoms. The van der Waals surface area contributed by atoms with Crippen LogP contribution in [0.2, 0.25) is 0 Å². The number of sulfonamides is 1. The van der Waals surface area contributed by atoms with Crippen LogP contribution in [0.1, 0.15) is 18.9 Å². The second-order valence-electron chi connectivity index (χ2n) is 3.96. The summed E-state index contributed by atoms with van der Waals surface area (Å²) in [6.45, 7) is 1.87. The first kappa shape index (κ1) is 13.7. The van der Waals surface area contributed by atoms with E-state index in [0.717, 1.165) is 17.3 Å². The van der Waals surface area contributed by atoms with Crippen LogP contribution in [0.4, 0.5) is 0 Å². The van der Waals surface area contributed by atoms with Crippen LogP contribution >= 0.6 is 15.9 Å². The molecule has 0 aromatic heterocycles. The fraction of sp³-hybridized carbons (Fsp3) is 0.455. The first-order chi connectivity index (χ1) is 7.37. The molecule has 0 saturated carbocycles. The average Bonchev–Trinajstić information content (AvgIpc) is 2.14. The van der Waals surface area contributed by atoms with Crippen molar-refractivity contribution in [3.05, 3.63) is 34.3 Å². The van der Waals surface area contributed by atoms with Crippen molar-refractivity contribution < 1.29 is 8.42 Å². The summed E-state index contributed by atoms with van der Waals surface area (Å²) < 4.78 is 25.6. The van der Waals surface area contributed by atoms with Crippen molar-refractivity contribution in [1.82, 2.24) is 4.72 Å². The highest BCUT2D eigenvalue weighted by atomic mass is 79.9. The molecular weight excluding hydrogens is 290 g/mol. The molecule has 0 radical (unpaired) electrons. The molecule has 1 N–H and O–H groups in total. The summed E-state index contributed by atoms with van der Waals surface area (Å²) in [5.74, 6) is 0. The lowest BCUT2D eigenvalue weighted by atomic mass is 10.1. The largest absolute Gasteiger partial charge is 0.213 e. The fourth-order valence-electron chi connectivity index (χ4n) is 1.46. The molecule has 1 rings (SSSR count). The van der Waals surface area contributed by atoms with Gasteiger partial charge in [-0.2, -0.15) is 0 Å². The molecular formula is C11H16BrNO2S. The average molecular weight is 306 g/mol. The smallest absolute Gasteiger partial charge is 0.208 e. The molecule has 0 heterocycles. The number of hydrogen-bond donors (Lipinski definition) is 1. The van der Waals surface area contributed by atoms with E-state index in [-0.39, 0.29) is 6.04 Å². The fourth-order valence-corrected chi connectivity index (χ4v) is 2.57. The minimum absolute atomic E-state index is 0.0290. The topological polar surface area (TPSA) is 46.2 Å². The Hall–Kier alpha value is -0.390. The van der Waals surface area contributed by atoms with Gasteiger partial charge in [0.1, 0.15) is 0 Å². The normalized spacial score (nSPS) is 13.7. The van der Waals surface area contributed by atoms with Gasteiger partial charge in [0.2, 0.25) is 10.0 Å². The Labute approximate surface area is 105 Å². The lowest BCUT2D eigenvalue weighted by molar-refractivity contribution is 0.552. The first-order valence-electron chi connectivity index (χ1n) is 5.08. The molecule has 0 saturated heterocycles. The molecule has 1 aromatic carbocycles. The number of aryl methyl sites for hydroxylation is 1. The number of benzene rings is 1. The van der Waals surface area contributed by atoms with Crippen molar-refractivity contribution >= 4 is 26.0 Å². The van der Waals surface area contributed by atoms with Crippen LogP contribution in [0.15, 0.2) is 28.7 Å². The highest BCUT2D eigenvalue weighted by Crippen LogP contribution is 2.12. The van der Waals surface area contributed by atoms with Crippen LogP contribution in [-0.2, 0) is 16.4 Å². The van der Waals surface area contributed by atoms with E-state index in [2.05, 4.69) is 20.7 Å². The summed E-state index contributed by atoms with van der Waals surface area (Å²) in [7, 11) is -3.09. The van der Waals surface area contributed by atoms with Gasteiger partial charge in [-0.05, 0) is 37.5 Å². The molecule has 1 aromatic rings. The van der Waals surface area contributed by atoms with E-state index in [1.54, 1.807) is 0 Å². The van der Waals surface area contributed by atoms with Crippen molar-refractivity contribution in [3.8, 4) is 0 Å². The lowest BCUT2D eigenvalue weighted by Gasteiger charge is -2.11. The van der Waals surface area contributed by atoms with Gasteiger partial charge in [0.05, 0.1) is 6.26 Å². The third-order valence-electron chi connectivity index (χ3n) is 2.19. The standard InChI is InChI=1S/C11H16BrNO2S/c1-9(13-16(2,14)15)3-4-10-5-7-11(12)8-6-10/h5-9,13H,3-4H2,1-2H3. The maximum Gasteiger partial charge on any atom is 0.208 e. The molecule has 0 bridgehead atoms. The third kappa shape index (κ3) is 5.63. The number of halogens is 1. The van der Waals surface area contributed by atoms with Gasteiger partial charge in [0, 0.05) is 10.5 Å². The summed E-state index contributed by atoms with van der Waals surface area (Å²) in [5, 5.41) is 0. The molecule has 0 spiro atoms. The van der Waals surface area contributed by atoms with Crippen molar-refractivity contribution in [3.63, 3.8) is 0 Å². The number of nitrogens with one attached hydrogen (secondary N) is 1. The maximum atomic E-state index is 11.0. The van der Waals surface area contributed by atoms with E-state index in [1.807, 2.05) is 31.2 Å². The van der Waals surface area contributed by atoms with E-state index in [0.29, 0.717) is 0 Å². The molecule has 1 atom stereocenters. The van der Waals surface area contributed by atoms with E-state index >= 15 is 0 Å². The summed E-state index contributed by atoms with van der Waals surface area (Å²) in [5.41, 5.74) is 1.21. The third-order valence-corrected chi connectivity index (χ3v) is 3.55. The first-order valence-corrected chi connectivity index (χ1v) is 7.77. The summed E-state index contributed by atoms with van der Waals surface area (Å²) in [6, 6.07) is 8.03. The van der Waals surface area contributed by atoms with Crippen molar-refractivity contribution in [2.75, 3.05) is 6.26 Å². The van der Waals surface area contributed by atoms with Crippen molar-refractivity contribution in [1.29, 1.82) is 0 Å².